The molecule has 2 aromatic carbocycles. The van der Waals surface area contributed by atoms with Crippen molar-refractivity contribution in [2.75, 3.05) is 0 Å². The van der Waals surface area contributed by atoms with Crippen molar-refractivity contribution in [3.63, 3.8) is 0 Å². The first-order valence-corrected chi connectivity index (χ1v) is 9.53. The zero-order valence-electron chi connectivity index (χ0n) is 13.5. The summed E-state index contributed by atoms with van der Waals surface area (Å²) in [6.07, 6.45) is 1.69. The Balaban J connectivity index is 1.82. The van der Waals surface area contributed by atoms with E-state index in [9.17, 15) is 9.18 Å². The van der Waals surface area contributed by atoms with Gasteiger partial charge in [-0.3, -0.25) is 4.79 Å². The third kappa shape index (κ3) is 4.19. The minimum absolute atomic E-state index is 0.199. The van der Waals surface area contributed by atoms with Crippen LogP contribution in [0.5, 0.6) is 0 Å². The highest BCUT2D eigenvalue weighted by atomic mass is 79.9. The summed E-state index contributed by atoms with van der Waals surface area (Å²) in [6.45, 7) is 1.87. The molecule has 1 atom stereocenters. The van der Waals surface area contributed by atoms with Gasteiger partial charge in [0.25, 0.3) is 5.56 Å². The molecule has 3 aromatic rings. The standard InChI is InChI=1S/C19H16BrFN2OS/c1-13(15-7-9-16(21)10-8-15)23-19(24)18(20)17(11-22-23)25-12-14-5-3-2-4-6-14/h2-11,13H,12H2,1H3. The molecule has 6 heteroatoms. The quantitative estimate of drug-likeness (QED) is 0.543. The number of halogens is 2. The van der Waals surface area contributed by atoms with Crippen molar-refractivity contribution in [1.82, 2.24) is 9.78 Å². The fourth-order valence-corrected chi connectivity index (χ4v) is 3.90. The van der Waals surface area contributed by atoms with E-state index in [1.807, 2.05) is 37.3 Å². The average Bonchev–Trinajstić information content (AvgIpc) is 2.64. The van der Waals surface area contributed by atoms with Crippen LogP contribution in [-0.4, -0.2) is 9.78 Å². The van der Waals surface area contributed by atoms with Crippen LogP contribution in [-0.2, 0) is 5.75 Å². The SMILES string of the molecule is CC(c1ccc(F)cc1)n1ncc(SCc2ccccc2)c(Br)c1=O. The summed E-state index contributed by atoms with van der Waals surface area (Å²) < 4.78 is 15.0. The molecule has 0 aliphatic carbocycles. The maximum atomic E-state index is 13.1. The van der Waals surface area contributed by atoms with Crippen LogP contribution in [0.4, 0.5) is 4.39 Å². The van der Waals surface area contributed by atoms with Crippen molar-refractivity contribution in [2.24, 2.45) is 0 Å². The molecule has 1 unspecified atom stereocenters. The summed E-state index contributed by atoms with van der Waals surface area (Å²) in [6, 6.07) is 15.9. The van der Waals surface area contributed by atoms with Crippen LogP contribution >= 0.6 is 27.7 Å². The van der Waals surface area contributed by atoms with Gasteiger partial charge in [0.15, 0.2) is 0 Å². The Labute approximate surface area is 158 Å². The first kappa shape index (κ1) is 17.9. The minimum Gasteiger partial charge on any atom is -0.266 e. The minimum atomic E-state index is -0.301. The van der Waals surface area contributed by atoms with Gasteiger partial charge in [-0.05, 0) is 46.1 Å². The average molecular weight is 419 g/mol. The Morgan fingerprint density at radius 1 is 1.16 bits per heavy atom. The predicted molar refractivity (Wildman–Crippen MR) is 102 cm³/mol. The highest BCUT2D eigenvalue weighted by Crippen LogP contribution is 2.27. The number of benzene rings is 2. The van der Waals surface area contributed by atoms with Crippen molar-refractivity contribution < 1.29 is 4.39 Å². The Hall–Kier alpha value is -1.92. The first-order valence-electron chi connectivity index (χ1n) is 7.76. The van der Waals surface area contributed by atoms with E-state index in [1.54, 1.807) is 30.1 Å². The molecule has 1 heterocycles. The van der Waals surface area contributed by atoms with Crippen LogP contribution < -0.4 is 5.56 Å². The molecule has 0 bridgehead atoms. The van der Waals surface area contributed by atoms with Gasteiger partial charge in [0.1, 0.15) is 5.82 Å². The fraction of sp³-hybridized carbons (Fsp3) is 0.158. The van der Waals surface area contributed by atoms with Gasteiger partial charge in [-0.15, -0.1) is 11.8 Å². The van der Waals surface area contributed by atoms with E-state index in [1.165, 1.54) is 22.4 Å². The first-order chi connectivity index (χ1) is 12.1. The second-order valence-electron chi connectivity index (χ2n) is 5.57. The molecule has 0 saturated heterocycles. The maximum absolute atomic E-state index is 13.1. The summed E-state index contributed by atoms with van der Waals surface area (Å²) in [5.74, 6) is 0.461. The molecule has 3 nitrogen and oxygen atoms in total. The lowest BCUT2D eigenvalue weighted by Crippen LogP contribution is -2.27. The molecule has 0 fully saturated rings. The van der Waals surface area contributed by atoms with E-state index in [4.69, 9.17) is 0 Å². The van der Waals surface area contributed by atoms with Gasteiger partial charge in [0.2, 0.25) is 0 Å². The van der Waals surface area contributed by atoms with E-state index in [2.05, 4.69) is 21.0 Å². The Morgan fingerprint density at radius 3 is 2.52 bits per heavy atom. The normalized spacial score (nSPS) is 12.1. The van der Waals surface area contributed by atoms with Crippen LogP contribution in [0.15, 0.2) is 75.0 Å². The van der Waals surface area contributed by atoms with Crippen LogP contribution in [0.2, 0.25) is 0 Å². The molecular formula is C19H16BrFN2OS. The van der Waals surface area contributed by atoms with Crippen molar-refractivity contribution in [3.8, 4) is 0 Å². The monoisotopic (exact) mass is 418 g/mol. The van der Waals surface area contributed by atoms with E-state index in [0.717, 1.165) is 16.2 Å². The molecule has 0 spiro atoms. The van der Waals surface area contributed by atoms with Crippen molar-refractivity contribution >= 4 is 27.7 Å². The topological polar surface area (TPSA) is 34.9 Å². The molecule has 3 rings (SSSR count). The summed E-state index contributed by atoms with van der Waals surface area (Å²) in [5, 5.41) is 4.31. The number of rotatable bonds is 5. The lowest BCUT2D eigenvalue weighted by Gasteiger charge is -2.15. The second-order valence-corrected chi connectivity index (χ2v) is 7.38. The molecule has 0 amide bonds. The summed E-state index contributed by atoms with van der Waals surface area (Å²) in [5.41, 5.74) is 1.81. The van der Waals surface area contributed by atoms with Gasteiger partial charge in [-0.25, -0.2) is 9.07 Å². The molecule has 0 N–H and O–H groups in total. The fourth-order valence-electron chi connectivity index (χ4n) is 2.42. The van der Waals surface area contributed by atoms with E-state index in [0.29, 0.717) is 4.47 Å². The highest BCUT2D eigenvalue weighted by Gasteiger charge is 2.15. The molecule has 0 radical (unpaired) electrons. The smallest absolute Gasteiger partial charge is 0.266 e. The van der Waals surface area contributed by atoms with Crippen molar-refractivity contribution in [1.29, 1.82) is 0 Å². The van der Waals surface area contributed by atoms with Crippen molar-refractivity contribution in [3.05, 3.63) is 92.6 Å². The number of thioether (sulfide) groups is 1. The third-order valence-corrected chi connectivity index (χ3v) is 6.00. The van der Waals surface area contributed by atoms with Crippen LogP contribution in [0.25, 0.3) is 0 Å². The summed E-state index contributed by atoms with van der Waals surface area (Å²) in [4.78, 5) is 13.5. The largest absolute Gasteiger partial charge is 0.282 e. The predicted octanol–water partition coefficient (Wildman–Crippen LogP) is 5.05. The molecule has 25 heavy (non-hydrogen) atoms. The van der Waals surface area contributed by atoms with Crippen LogP contribution in [0.1, 0.15) is 24.1 Å². The molecule has 128 valence electrons. The van der Waals surface area contributed by atoms with E-state index < -0.39 is 0 Å². The molecule has 0 saturated carbocycles. The van der Waals surface area contributed by atoms with Gasteiger partial charge in [0, 0.05) is 10.6 Å². The number of hydrogen-bond acceptors (Lipinski definition) is 3. The van der Waals surface area contributed by atoms with Gasteiger partial charge in [0.05, 0.1) is 16.7 Å². The van der Waals surface area contributed by atoms with Crippen molar-refractivity contribution in [2.45, 2.75) is 23.6 Å². The van der Waals surface area contributed by atoms with Gasteiger partial charge in [-0.2, -0.15) is 5.10 Å². The van der Waals surface area contributed by atoms with E-state index in [-0.39, 0.29) is 17.4 Å². The Kier molecular flexibility index (Phi) is 5.71. The molecule has 0 aliphatic rings. The maximum Gasteiger partial charge on any atom is 0.282 e. The lowest BCUT2D eigenvalue weighted by atomic mass is 10.1. The second kappa shape index (κ2) is 7.97. The molecular weight excluding hydrogens is 403 g/mol. The zero-order valence-corrected chi connectivity index (χ0v) is 15.9. The van der Waals surface area contributed by atoms with Gasteiger partial charge >= 0.3 is 0 Å². The molecule has 1 aromatic heterocycles. The third-order valence-electron chi connectivity index (χ3n) is 3.87. The van der Waals surface area contributed by atoms with Gasteiger partial charge < -0.3 is 0 Å². The van der Waals surface area contributed by atoms with Gasteiger partial charge in [-0.1, -0.05) is 42.5 Å². The van der Waals surface area contributed by atoms with Crippen LogP contribution in [0.3, 0.4) is 0 Å². The van der Waals surface area contributed by atoms with Crippen LogP contribution in [0, 0.1) is 5.82 Å². The summed E-state index contributed by atoms with van der Waals surface area (Å²) >= 11 is 4.96. The molecule has 0 aliphatic heterocycles. The Morgan fingerprint density at radius 2 is 1.84 bits per heavy atom. The number of hydrogen-bond donors (Lipinski definition) is 0. The number of aromatic nitrogens is 2. The van der Waals surface area contributed by atoms with E-state index >= 15 is 0 Å². The summed E-state index contributed by atoms with van der Waals surface area (Å²) in [7, 11) is 0. The Bertz CT molecular complexity index is 913. The highest BCUT2D eigenvalue weighted by molar-refractivity contribution is 9.10. The zero-order chi connectivity index (χ0) is 17.8. The lowest BCUT2D eigenvalue weighted by molar-refractivity contribution is 0.522. The number of nitrogens with zero attached hydrogens (tertiary/aromatic N) is 2.